The average Bonchev–Trinajstić information content (AvgIpc) is 2.20. The van der Waals surface area contributed by atoms with Crippen LogP contribution in [0.3, 0.4) is 0 Å². The summed E-state index contributed by atoms with van der Waals surface area (Å²) in [5.74, 6) is 4.96. The minimum absolute atomic E-state index is 0.617. The first-order valence-electron chi connectivity index (χ1n) is 4.30. The smallest absolute Gasteiger partial charge is 0.144 e. The first kappa shape index (κ1) is 12.7. The number of nitrogens with one attached hydrogen (secondary N) is 1. The average molecular weight is 306 g/mol. The third kappa shape index (κ3) is 4.78. The van der Waals surface area contributed by atoms with E-state index in [4.69, 9.17) is 18.0 Å². The van der Waals surface area contributed by atoms with Crippen LogP contribution in [0.15, 0.2) is 16.7 Å². The van der Waals surface area contributed by atoms with Crippen molar-refractivity contribution in [1.82, 2.24) is 4.98 Å². The highest BCUT2D eigenvalue weighted by molar-refractivity contribution is 9.10. The Morgan fingerprint density at radius 3 is 3.13 bits per heavy atom. The molecule has 1 aromatic heterocycles. The number of pyridine rings is 1. The summed E-state index contributed by atoms with van der Waals surface area (Å²) in [6.07, 6.45) is 6.84. The van der Waals surface area contributed by atoms with Crippen LogP contribution >= 0.6 is 39.3 Å². The monoisotopic (exact) mass is 304 g/mol. The molecule has 1 rings (SSSR count). The molecule has 0 amide bonds. The van der Waals surface area contributed by atoms with Crippen LogP contribution in [0, 0.1) is 12.3 Å². The highest BCUT2D eigenvalue weighted by Gasteiger charge is 2.00. The van der Waals surface area contributed by atoms with E-state index in [-0.39, 0.29) is 0 Å². The van der Waals surface area contributed by atoms with Gasteiger partial charge in [-0.05, 0) is 22.0 Å². The van der Waals surface area contributed by atoms with Gasteiger partial charge in [-0.3, -0.25) is 0 Å². The number of hydrogen-bond acceptors (Lipinski definition) is 3. The lowest BCUT2D eigenvalue weighted by atomic mass is 10.4. The van der Waals surface area contributed by atoms with Gasteiger partial charge in [0.1, 0.15) is 5.82 Å². The first-order chi connectivity index (χ1) is 7.24. The molecule has 0 bridgehead atoms. The van der Waals surface area contributed by atoms with Gasteiger partial charge in [0.2, 0.25) is 0 Å². The second-order valence-electron chi connectivity index (χ2n) is 2.67. The predicted molar refractivity (Wildman–Crippen MR) is 71.6 cm³/mol. The Hall–Kier alpha value is -0.370. The van der Waals surface area contributed by atoms with Crippen LogP contribution in [-0.2, 0) is 0 Å². The molecule has 5 heteroatoms. The summed E-state index contributed by atoms with van der Waals surface area (Å²) < 4.78 is 0.875. The molecule has 1 N–H and O–H groups in total. The van der Waals surface area contributed by atoms with Gasteiger partial charge in [-0.15, -0.1) is 18.2 Å². The Bertz CT molecular complexity index is 365. The number of hydrogen-bond donors (Lipinski definition) is 1. The zero-order valence-corrected chi connectivity index (χ0v) is 11.1. The molecule has 1 heterocycles. The third-order valence-electron chi connectivity index (χ3n) is 1.53. The Balaban J connectivity index is 2.35. The Morgan fingerprint density at radius 2 is 2.47 bits per heavy atom. The molecule has 0 spiro atoms. The molecule has 15 heavy (non-hydrogen) atoms. The van der Waals surface area contributed by atoms with Gasteiger partial charge in [-0.1, -0.05) is 17.5 Å². The van der Waals surface area contributed by atoms with Gasteiger partial charge in [0, 0.05) is 23.0 Å². The van der Waals surface area contributed by atoms with Crippen LogP contribution in [0.1, 0.15) is 0 Å². The van der Waals surface area contributed by atoms with E-state index in [1.807, 2.05) is 6.07 Å². The van der Waals surface area contributed by atoms with E-state index >= 15 is 0 Å². The molecule has 0 unspecified atom stereocenters. The van der Waals surface area contributed by atoms with E-state index in [9.17, 15) is 0 Å². The second kappa shape index (κ2) is 7.00. The van der Waals surface area contributed by atoms with E-state index < -0.39 is 0 Å². The molecule has 1 aromatic rings. The lowest BCUT2D eigenvalue weighted by molar-refractivity contribution is 1.17. The van der Waals surface area contributed by atoms with Crippen molar-refractivity contribution in [3.05, 3.63) is 21.8 Å². The molecule has 2 nitrogen and oxygen atoms in total. The highest BCUT2D eigenvalue weighted by atomic mass is 79.9. The molecular weight excluding hydrogens is 296 g/mol. The summed E-state index contributed by atoms with van der Waals surface area (Å²) in [7, 11) is 0. The molecule has 0 saturated carbocycles. The molecular formula is C10H10BrClN2S. The summed E-state index contributed by atoms with van der Waals surface area (Å²) >= 11 is 11.0. The number of nitrogens with zero attached hydrogens (tertiary/aromatic N) is 1. The van der Waals surface area contributed by atoms with Crippen molar-refractivity contribution in [3.63, 3.8) is 0 Å². The standard InChI is InChI=1S/C10H10BrClN2S/c1-2-4-15-5-3-13-10-9(12)6-8(11)7-14-10/h1,6-7H,3-5H2,(H,13,14). The molecule has 0 aromatic carbocycles. The van der Waals surface area contributed by atoms with Gasteiger partial charge < -0.3 is 5.32 Å². The Kier molecular flexibility index (Phi) is 5.92. The number of thioether (sulfide) groups is 1. The topological polar surface area (TPSA) is 24.9 Å². The van der Waals surface area contributed by atoms with Crippen molar-refractivity contribution in [2.45, 2.75) is 0 Å². The summed E-state index contributed by atoms with van der Waals surface area (Å²) in [5, 5.41) is 3.76. The molecule has 0 fully saturated rings. The van der Waals surface area contributed by atoms with E-state index in [1.54, 1.807) is 18.0 Å². The van der Waals surface area contributed by atoms with Gasteiger partial charge >= 0.3 is 0 Å². The van der Waals surface area contributed by atoms with E-state index in [0.717, 1.165) is 22.5 Å². The Morgan fingerprint density at radius 1 is 1.67 bits per heavy atom. The van der Waals surface area contributed by atoms with Crippen molar-refractivity contribution in [2.75, 3.05) is 23.4 Å². The zero-order valence-electron chi connectivity index (χ0n) is 7.96. The van der Waals surface area contributed by atoms with Crippen LogP contribution in [0.2, 0.25) is 5.02 Å². The largest absolute Gasteiger partial charge is 0.368 e. The van der Waals surface area contributed by atoms with E-state index in [0.29, 0.717) is 10.8 Å². The molecule has 0 radical (unpaired) electrons. The van der Waals surface area contributed by atoms with Crippen molar-refractivity contribution >= 4 is 45.1 Å². The van der Waals surface area contributed by atoms with Crippen LogP contribution in [0.5, 0.6) is 0 Å². The maximum Gasteiger partial charge on any atom is 0.144 e. The lowest BCUT2D eigenvalue weighted by Crippen LogP contribution is -2.06. The van der Waals surface area contributed by atoms with E-state index in [1.165, 1.54) is 0 Å². The van der Waals surface area contributed by atoms with Gasteiger partial charge in [-0.25, -0.2) is 4.98 Å². The molecule has 0 aliphatic carbocycles. The van der Waals surface area contributed by atoms with Crippen LogP contribution in [-0.4, -0.2) is 23.0 Å². The zero-order chi connectivity index (χ0) is 11.1. The molecule has 0 aliphatic heterocycles. The molecule has 0 atom stereocenters. The normalized spacial score (nSPS) is 9.67. The number of halogens is 2. The maximum absolute atomic E-state index is 5.98. The molecule has 0 aliphatic rings. The van der Waals surface area contributed by atoms with Gasteiger partial charge in [0.25, 0.3) is 0 Å². The maximum atomic E-state index is 5.98. The molecule has 0 saturated heterocycles. The summed E-state index contributed by atoms with van der Waals surface area (Å²) in [6, 6.07) is 1.81. The van der Waals surface area contributed by atoms with Gasteiger partial charge in [0.05, 0.1) is 10.8 Å². The van der Waals surface area contributed by atoms with Crippen molar-refractivity contribution in [2.24, 2.45) is 0 Å². The highest BCUT2D eigenvalue weighted by Crippen LogP contribution is 2.22. The molecule has 80 valence electrons. The summed E-state index contributed by atoms with van der Waals surface area (Å²) in [4.78, 5) is 4.16. The fourth-order valence-electron chi connectivity index (χ4n) is 0.917. The fourth-order valence-corrected chi connectivity index (χ4v) is 2.12. The Labute approximate surface area is 107 Å². The van der Waals surface area contributed by atoms with Gasteiger partial charge in [0.15, 0.2) is 0 Å². The van der Waals surface area contributed by atoms with Crippen molar-refractivity contribution in [3.8, 4) is 12.3 Å². The number of anilines is 1. The number of rotatable bonds is 5. The van der Waals surface area contributed by atoms with Crippen LogP contribution in [0.4, 0.5) is 5.82 Å². The van der Waals surface area contributed by atoms with Gasteiger partial charge in [-0.2, -0.15) is 0 Å². The minimum atomic E-state index is 0.617. The SMILES string of the molecule is C#CCSCCNc1ncc(Br)cc1Cl. The van der Waals surface area contributed by atoms with Crippen molar-refractivity contribution < 1.29 is 0 Å². The third-order valence-corrected chi connectivity index (χ3v) is 3.12. The first-order valence-corrected chi connectivity index (χ1v) is 6.62. The fraction of sp³-hybridized carbons (Fsp3) is 0.300. The lowest BCUT2D eigenvalue weighted by Gasteiger charge is -2.06. The minimum Gasteiger partial charge on any atom is -0.368 e. The van der Waals surface area contributed by atoms with E-state index in [2.05, 4.69) is 32.2 Å². The quantitative estimate of drug-likeness (QED) is 0.667. The summed E-state index contributed by atoms with van der Waals surface area (Å²) in [6.45, 7) is 0.806. The second-order valence-corrected chi connectivity index (χ2v) is 5.10. The number of aromatic nitrogens is 1. The predicted octanol–water partition coefficient (Wildman–Crippen LogP) is 3.28. The number of terminal acetylenes is 1. The van der Waals surface area contributed by atoms with Crippen molar-refractivity contribution in [1.29, 1.82) is 0 Å². The van der Waals surface area contributed by atoms with Crippen LogP contribution in [0.25, 0.3) is 0 Å². The van der Waals surface area contributed by atoms with Crippen LogP contribution < -0.4 is 5.32 Å². The summed E-state index contributed by atoms with van der Waals surface area (Å²) in [5.41, 5.74) is 0.